The lowest BCUT2D eigenvalue weighted by atomic mass is 9.95. The first-order valence-corrected chi connectivity index (χ1v) is 12.5. The first-order valence-electron chi connectivity index (χ1n) is 12.5. The highest BCUT2D eigenvalue weighted by Crippen LogP contribution is 2.20. The number of rotatable bonds is 11. The summed E-state index contributed by atoms with van der Waals surface area (Å²) in [6.07, 6.45) is 6.79. The number of carbonyl (C=O) groups is 2. The first kappa shape index (κ1) is 25.7. The monoisotopic (exact) mass is 468 g/mol. The third kappa shape index (κ3) is 7.86. The lowest BCUT2D eigenvalue weighted by Gasteiger charge is -2.33. The summed E-state index contributed by atoms with van der Waals surface area (Å²) >= 11 is 0. The van der Waals surface area contributed by atoms with Crippen LogP contribution in [-0.4, -0.2) is 35.4 Å². The Morgan fingerprint density at radius 1 is 1.06 bits per heavy atom. The second-order valence-electron chi connectivity index (χ2n) is 9.18. The normalized spacial score (nSPS) is 14.9. The molecule has 184 valence electrons. The molecule has 0 spiro atoms. The van der Waals surface area contributed by atoms with Crippen LogP contribution < -0.4 is 10.1 Å². The number of benzene rings is 2. The summed E-state index contributed by atoms with van der Waals surface area (Å²) in [5.41, 5.74) is 1.96. The smallest absolute Gasteiger partial charge is 0.243 e. The van der Waals surface area contributed by atoms with Gasteiger partial charge in [0.05, 0.1) is 6.61 Å². The van der Waals surface area contributed by atoms with Crippen LogP contribution in [0, 0.1) is 12.7 Å². The molecule has 3 rings (SSSR count). The van der Waals surface area contributed by atoms with Gasteiger partial charge in [0, 0.05) is 19.0 Å². The van der Waals surface area contributed by atoms with Gasteiger partial charge in [0.1, 0.15) is 17.6 Å². The van der Waals surface area contributed by atoms with E-state index in [-0.39, 0.29) is 36.6 Å². The summed E-state index contributed by atoms with van der Waals surface area (Å²) in [4.78, 5) is 28.1. The van der Waals surface area contributed by atoms with E-state index in [1.54, 1.807) is 17.0 Å². The standard InChI is InChI=1S/C28H37FN2O3/c1-3-26(28(33)30-24-8-5-4-6-9-24)31(20-22-13-15-23(29)16-14-22)27(32)10-7-19-34-25-17-11-21(2)12-18-25/h11-18,24,26H,3-10,19-20H2,1-2H3,(H,30,33)/t26-/m0/s1. The molecule has 1 aliphatic rings. The highest BCUT2D eigenvalue weighted by Gasteiger charge is 2.30. The fourth-order valence-electron chi connectivity index (χ4n) is 4.44. The maximum Gasteiger partial charge on any atom is 0.243 e. The third-order valence-electron chi connectivity index (χ3n) is 6.43. The highest BCUT2D eigenvalue weighted by atomic mass is 19.1. The predicted octanol–water partition coefficient (Wildman–Crippen LogP) is 5.55. The fraction of sp³-hybridized carbons (Fsp3) is 0.500. The summed E-state index contributed by atoms with van der Waals surface area (Å²) in [6.45, 7) is 4.64. The Morgan fingerprint density at radius 2 is 1.74 bits per heavy atom. The molecule has 2 aromatic carbocycles. The molecule has 1 saturated carbocycles. The molecule has 1 N–H and O–H groups in total. The van der Waals surface area contributed by atoms with Crippen LogP contribution in [0.1, 0.15) is 69.4 Å². The summed E-state index contributed by atoms with van der Waals surface area (Å²) < 4.78 is 19.2. The van der Waals surface area contributed by atoms with Crippen molar-refractivity contribution in [1.82, 2.24) is 10.2 Å². The van der Waals surface area contributed by atoms with Crippen molar-refractivity contribution in [2.24, 2.45) is 0 Å². The van der Waals surface area contributed by atoms with Crippen molar-refractivity contribution in [2.45, 2.75) is 83.8 Å². The van der Waals surface area contributed by atoms with Crippen molar-refractivity contribution in [3.05, 3.63) is 65.5 Å². The van der Waals surface area contributed by atoms with Crippen LogP contribution in [0.3, 0.4) is 0 Å². The van der Waals surface area contributed by atoms with Gasteiger partial charge in [-0.05, 0) is 62.4 Å². The molecular formula is C28H37FN2O3. The number of nitrogens with one attached hydrogen (secondary N) is 1. The number of amides is 2. The van der Waals surface area contributed by atoms with Crippen molar-refractivity contribution in [3.8, 4) is 5.75 Å². The van der Waals surface area contributed by atoms with Crippen LogP contribution in [0.2, 0.25) is 0 Å². The van der Waals surface area contributed by atoms with Gasteiger partial charge < -0.3 is 15.0 Å². The van der Waals surface area contributed by atoms with Gasteiger partial charge in [-0.15, -0.1) is 0 Å². The lowest BCUT2D eigenvalue weighted by molar-refractivity contribution is -0.142. The second-order valence-corrected chi connectivity index (χ2v) is 9.18. The SMILES string of the molecule is CC[C@@H](C(=O)NC1CCCCC1)N(Cc1ccc(F)cc1)C(=O)CCCOc1ccc(C)cc1. The Kier molecular flexibility index (Phi) is 9.92. The molecule has 0 unspecified atom stereocenters. The molecule has 1 atom stereocenters. The van der Waals surface area contributed by atoms with Crippen molar-refractivity contribution in [3.63, 3.8) is 0 Å². The van der Waals surface area contributed by atoms with E-state index in [0.29, 0.717) is 19.4 Å². The number of nitrogens with zero attached hydrogens (tertiary/aromatic N) is 1. The molecule has 2 aromatic rings. The number of aryl methyl sites for hydroxylation is 1. The maximum atomic E-state index is 13.4. The largest absolute Gasteiger partial charge is 0.494 e. The minimum absolute atomic E-state index is 0.0949. The molecule has 0 saturated heterocycles. The zero-order chi connectivity index (χ0) is 24.3. The van der Waals surface area contributed by atoms with Crippen LogP contribution >= 0.6 is 0 Å². The van der Waals surface area contributed by atoms with Crippen molar-refractivity contribution in [1.29, 1.82) is 0 Å². The molecule has 0 heterocycles. The first-order chi connectivity index (χ1) is 16.5. The quantitative estimate of drug-likeness (QED) is 0.440. The summed E-state index contributed by atoms with van der Waals surface area (Å²) in [7, 11) is 0. The molecule has 2 amide bonds. The van der Waals surface area contributed by atoms with Gasteiger partial charge >= 0.3 is 0 Å². The van der Waals surface area contributed by atoms with E-state index >= 15 is 0 Å². The van der Waals surface area contributed by atoms with Gasteiger partial charge in [0.25, 0.3) is 0 Å². The zero-order valence-corrected chi connectivity index (χ0v) is 20.4. The van der Waals surface area contributed by atoms with Crippen molar-refractivity contribution in [2.75, 3.05) is 6.61 Å². The van der Waals surface area contributed by atoms with Crippen LogP contribution in [0.4, 0.5) is 4.39 Å². The van der Waals surface area contributed by atoms with Crippen LogP contribution in [0.15, 0.2) is 48.5 Å². The molecule has 0 radical (unpaired) electrons. The maximum absolute atomic E-state index is 13.4. The predicted molar refractivity (Wildman–Crippen MR) is 132 cm³/mol. The number of carbonyl (C=O) groups excluding carboxylic acids is 2. The third-order valence-corrected chi connectivity index (χ3v) is 6.43. The average Bonchev–Trinajstić information content (AvgIpc) is 2.84. The van der Waals surface area contributed by atoms with Crippen molar-refractivity contribution < 1.29 is 18.7 Å². The zero-order valence-electron chi connectivity index (χ0n) is 20.4. The molecule has 5 nitrogen and oxygen atoms in total. The van der Waals surface area contributed by atoms with E-state index in [1.165, 1.54) is 18.6 Å². The Labute approximate surface area is 202 Å². The number of hydrogen-bond donors (Lipinski definition) is 1. The van der Waals surface area contributed by atoms with E-state index in [4.69, 9.17) is 4.74 Å². The summed E-state index contributed by atoms with van der Waals surface area (Å²) in [6, 6.07) is 13.5. The topological polar surface area (TPSA) is 58.6 Å². The van der Waals surface area contributed by atoms with Crippen molar-refractivity contribution >= 4 is 11.8 Å². The minimum atomic E-state index is -0.558. The van der Waals surface area contributed by atoms with E-state index < -0.39 is 6.04 Å². The van der Waals surface area contributed by atoms with Gasteiger partial charge in [0.2, 0.25) is 11.8 Å². The number of ether oxygens (including phenoxy) is 1. The summed E-state index contributed by atoms with van der Waals surface area (Å²) in [5.74, 6) is 0.264. The van der Waals surface area contributed by atoms with E-state index in [2.05, 4.69) is 5.32 Å². The average molecular weight is 469 g/mol. The highest BCUT2D eigenvalue weighted by molar-refractivity contribution is 5.87. The minimum Gasteiger partial charge on any atom is -0.494 e. The number of halogens is 1. The molecule has 1 fully saturated rings. The molecule has 0 aliphatic heterocycles. The Hall–Kier alpha value is -2.89. The summed E-state index contributed by atoms with van der Waals surface area (Å²) in [5, 5.41) is 3.18. The molecule has 34 heavy (non-hydrogen) atoms. The van der Waals surface area contributed by atoms with Crippen LogP contribution in [-0.2, 0) is 16.1 Å². The van der Waals surface area contributed by atoms with E-state index in [0.717, 1.165) is 42.6 Å². The van der Waals surface area contributed by atoms with Gasteiger partial charge in [-0.25, -0.2) is 4.39 Å². The van der Waals surface area contributed by atoms with Crippen LogP contribution in [0.5, 0.6) is 5.75 Å². The molecule has 0 aromatic heterocycles. The number of hydrogen-bond acceptors (Lipinski definition) is 3. The van der Waals surface area contributed by atoms with Gasteiger partial charge in [-0.2, -0.15) is 0 Å². The fourth-order valence-corrected chi connectivity index (χ4v) is 4.44. The molecular weight excluding hydrogens is 431 g/mol. The lowest BCUT2D eigenvalue weighted by Crippen LogP contribution is -2.51. The van der Waals surface area contributed by atoms with Gasteiger partial charge in [-0.3, -0.25) is 9.59 Å². The Bertz CT molecular complexity index is 908. The van der Waals surface area contributed by atoms with Gasteiger partial charge in [-0.1, -0.05) is 56.0 Å². The van der Waals surface area contributed by atoms with Crippen LogP contribution in [0.25, 0.3) is 0 Å². The Balaban J connectivity index is 1.63. The molecule has 0 bridgehead atoms. The molecule has 6 heteroatoms. The second kappa shape index (κ2) is 13.1. The Morgan fingerprint density at radius 3 is 2.38 bits per heavy atom. The van der Waals surface area contributed by atoms with E-state index in [9.17, 15) is 14.0 Å². The van der Waals surface area contributed by atoms with E-state index in [1.807, 2.05) is 38.1 Å². The molecule has 1 aliphatic carbocycles. The van der Waals surface area contributed by atoms with Gasteiger partial charge in [0.15, 0.2) is 0 Å².